The molecule has 0 aliphatic rings. The van der Waals surface area contributed by atoms with Crippen LogP contribution in [0.15, 0.2) is 18.2 Å². The zero-order valence-corrected chi connectivity index (χ0v) is 14.1. The summed E-state index contributed by atoms with van der Waals surface area (Å²) in [5, 5.41) is 8.80. The van der Waals surface area contributed by atoms with Crippen molar-refractivity contribution in [3.63, 3.8) is 0 Å². The standard InChI is InChI=1S/C17H22N2O4/c1-12(10-18)11-19(2)17(20)7-6-13-8-15(22-4)16(23-5)9-14(13)21-3/h6-9,12H,11H2,1-5H3/b7-6+. The molecule has 0 aromatic heterocycles. The molecule has 0 N–H and O–H groups in total. The fourth-order valence-electron chi connectivity index (χ4n) is 2.01. The Morgan fingerprint density at radius 3 is 2.30 bits per heavy atom. The van der Waals surface area contributed by atoms with Gasteiger partial charge in [0.15, 0.2) is 11.5 Å². The van der Waals surface area contributed by atoms with E-state index >= 15 is 0 Å². The number of benzene rings is 1. The number of ether oxygens (including phenoxy) is 3. The molecule has 124 valence electrons. The summed E-state index contributed by atoms with van der Waals surface area (Å²) in [5.41, 5.74) is 0.695. The molecule has 0 saturated carbocycles. The van der Waals surface area contributed by atoms with E-state index in [9.17, 15) is 4.79 Å². The molecule has 1 aromatic carbocycles. The van der Waals surface area contributed by atoms with Crippen molar-refractivity contribution in [2.75, 3.05) is 34.9 Å². The number of hydrogen-bond acceptors (Lipinski definition) is 5. The smallest absolute Gasteiger partial charge is 0.246 e. The molecular formula is C17H22N2O4. The van der Waals surface area contributed by atoms with Crippen LogP contribution >= 0.6 is 0 Å². The first-order valence-electron chi connectivity index (χ1n) is 7.09. The summed E-state index contributed by atoms with van der Waals surface area (Å²) in [4.78, 5) is 13.6. The van der Waals surface area contributed by atoms with Crippen LogP contribution in [0.3, 0.4) is 0 Å². The maximum atomic E-state index is 12.1. The minimum absolute atomic E-state index is 0.191. The van der Waals surface area contributed by atoms with Crippen molar-refractivity contribution in [3.8, 4) is 23.3 Å². The van der Waals surface area contributed by atoms with Crippen LogP contribution < -0.4 is 14.2 Å². The van der Waals surface area contributed by atoms with E-state index in [1.165, 1.54) is 11.0 Å². The summed E-state index contributed by atoms with van der Waals surface area (Å²) in [6.07, 6.45) is 3.09. The predicted molar refractivity (Wildman–Crippen MR) is 87.5 cm³/mol. The molecule has 0 heterocycles. The topological polar surface area (TPSA) is 71.8 Å². The molecule has 6 heteroatoms. The number of nitriles is 1. The van der Waals surface area contributed by atoms with Gasteiger partial charge in [-0.2, -0.15) is 5.26 Å². The van der Waals surface area contributed by atoms with E-state index < -0.39 is 0 Å². The Balaban J connectivity index is 2.99. The molecule has 0 radical (unpaired) electrons. The van der Waals surface area contributed by atoms with Crippen molar-refractivity contribution in [1.82, 2.24) is 4.90 Å². The third kappa shape index (κ3) is 4.92. The highest BCUT2D eigenvalue weighted by Gasteiger charge is 2.12. The summed E-state index contributed by atoms with van der Waals surface area (Å²) in [7, 11) is 6.29. The second-order valence-corrected chi connectivity index (χ2v) is 5.03. The minimum Gasteiger partial charge on any atom is -0.496 e. The Labute approximate surface area is 136 Å². The fraction of sp³-hybridized carbons (Fsp3) is 0.412. The summed E-state index contributed by atoms with van der Waals surface area (Å²) >= 11 is 0. The van der Waals surface area contributed by atoms with Gasteiger partial charge in [0.25, 0.3) is 0 Å². The van der Waals surface area contributed by atoms with Crippen LogP contribution in [0, 0.1) is 17.2 Å². The Kier molecular flexibility index (Phi) is 6.94. The second-order valence-electron chi connectivity index (χ2n) is 5.03. The minimum atomic E-state index is -0.215. The average Bonchev–Trinajstić information content (AvgIpc) is 2.58. The maximum absolute atomic E-state index is 12.1. The van der Waals surface area contributed by atoms with Gasteiger partial charge < -0.3 is 19.1 Å². The Morgan fingerprint density at radius 1 is 1.22 bits per heavy atom. The number of amides is 1. The van der Waals surface area contributed by atoms with Crippen molar-refractivity contribution < 1.29 is 19.0 Å². The molecular weight excluding hydrogens is 296 g/mol. The van der Waals surface area contributed by atoms with E-state index in [0.717, 1.165) is 0 Å². The third-order valence-corrected chi connectivity index (χ3v) is 3.29. The zero-order chi connectivity index (χ0) is 17.4. The summed E-state index contributed by atoms with van der Waals surface area (Å²) < 4.78 is 15.8. The van der Waals surface area contributed by atoms with Crippen LogP contribution in [0.2, 0.25) is 0 Å². The van der Waals surface area contributed by atoms with Crippen LogP contribution in [0.5, 0.6) is 17.2 Å². The van der Waals surface area contributed by atoms with Gasteiger partial charge in [0, 0.05) is 31.3 Å². The quantitative estimate of drug-likeness (QED) is 0.722. The number of carbonyl (C=O) groups excluding carboxylic acids is 1. The first-order chi connectivity index (χ1) is 11.0. The maximum Gasteiger partial charge on any atom is 0.246 e. The van der Waals surface area contributed by atoms with Gasteiger partial charge >= 0.3 is 0 Å². The SMILES string of the molecule is COc1cc(OC)c(OC)cc1/C=C/C(=O)N(C)CC(C)C#N. The van der Waals surface area contributed by atoms with Crippen molar-refractivity contribution in [3.05, 3.63) is 23.8 Å². The number of rotatable bonds is 7. The first-order valence-corrected chi connectivity index (χ1v) is 7.09. The van der Waals surface area contributed by atoms with Crippen molar-refractivity contribution >= 4 is 12.0 Å². The lowest BCUT2D eigenvalue weighted by Gasteiger charge is -2.16. The Hall–Kier alpha value is -2.68. The molecule has 0 fully saturated rings. The van der Waals surface area contributed by atoms with Crippen molar-refractivity contribution in [2.24, 2.45) is 5.92 Å². The van der Waals surface area contributed by atoms with Gasteiger partial charge in [-0.05, 0) is 19.1 Å². The van der Waals surface area contributed by atoms with Gasteiger partial charge in [-0.15, -0.1) is 0 Å². The molecule has 1 unspecified atom stereocenters. The molecule has 6 nitrogen and oxygen atoms in total. The average molecular weight is 318 g/mol. The highest BCUT2D eigenvalue weighted by Crippen LogP contribution is 2.35. The van der Waals surface area contributed by atoms with E-state index in [4.69, 9.17) is 19.5 Å². The first kappa shape index (κ1) is 18.4. The number of hydrogen-bond donors (Lipinski definition) is 0. The summed E-state index contributed by atoms with van der Waals surface area (Å²) in [6.45, 7) is 2.15. The molecule has 1 rings (SSSR count). The molecule has 0 bridgehead atoms. The van der Waals surface area contributed by atoms with E-state index in [1.54, 1.807) is 53.5 Å². The van der Waals surface area contributed by atoms with Crippen molar-refractivity contribution in [1.29, 1.82) is 5.26 Å². The number of likely N-dealkylation sites (N-methyl/N-ethyl adjacent to an activating group) is 1. The number of carbonyl (C=O) groups is 1. The lowest BCUT2D eigenvalue weighted by molar-refractivity contribution is -0.125. The van der Waals surface area contributed by atoms with Crippen LogP contribution in [0.1, 0.15) is 12.5 Å². The van der Waals surface area contributed by atoms with E-state index in [0.29, 0.717) is 29.4 Å². The molecule has 0 aliphatic carbocycles. The zero-order valence-electron chi connectivity index (χ0n) is 14.1. The van der Waals surface area contributed by atoms with Gasteiger partial charge in [0.2, 0.25) is 5.91 Å². The van der Waals surface area contributed by atoms with Crippen molar-refractivity contribution in [2.45, 2.75) is 6.92 Å². The van der Waals surface area contributed by atoms with E-state index in [1.807, 2.05) is 0 Å². The second kappa shape index (κ2) is 8.69. The van der Waals surface area contributed by atoms with Gasteiger partial charge in [-0.25, -0.2) is 0 Å². The number of methoxy groups -OCH3 is 3. The lowest BCUT2D eigenvalue weighted by atomic mass is 10.1. The van der Waals surface area contributed by atoms with Gasteiger partial charge in [-0.1, -0.05) is 0 Å². The normalized spacial score (nSPS) is 11.7. The molecule has 1 atom stereocenters. The van der Waals surface area contributed by atoms with Crippen LogP contribution in [-0.4, -0.2) is 45.7 Å². The molecule has 0 saturated heterocycles. The highest BCUT2D eigenvalue weighted by atomic mass is 16.5. The molecule has 23 heavy (non-hydrogen) atoms. The molecule has 0 aliphatic heterocycles. The monoisotopic (exact) mass is 318 g/mol. The lowest BCUT2D eigenvalue weighted by Crippen LogP contribution is -2.29. The largest absolute Gasteiger partial charge is 0.496 e. The van der Waals surface area contributed by atoms with Gasteiger partial charge in [0.1, 0.15) is 5.75 Å². The van der Waals surface area contributed by atoms with Gasteiger partial charge in [-0.3, -0.25) is 4.79 Å². The van der Waals surface area contributed by atoms with Crippen LogP contribution in [0.25, 0.3) is 6.08 Å². The van der Waals surface area contributed by atoms with Crippen LogP contribution in [0.4, 0.5) is 0 Å². The summed E-state index contributed by atoms with van der Waals surface area (Å²) in [6, 6.07) is 5.54. The number of nitrogens with zero attached hydrogens (tertiary/aromatic N) is 2. The highest BCUT2D eigenvalue weighted by molar-refractivity contribution is 5.92. The summed E-state index contributed by atoms with van der Waals surface area (Å²) in [5.74, 6) is 1.26. The van der Waals surface area contributed by atoms with E-state index in [2.05, 4.69) is 6.07 Å². The molecule has 0 spiro atoms. The third-order valence-electron chi connectivity index (χ3n) is 3.29. The predicted octanol–water partition coefficient (Wildman–Crippen LogP) is 2.34. The fourth-order valence-corrected chi connectivity index (χ4v) is 2.01. The Morgan fingerprint density at radius 2 is 1.78 bits per heavy atom. The van der Waals surface area contributed by atoms with Crippen LogP contribution in [-0.2, 0) is 4.79 Å². The van der Waals surface area contributed by atoms with Gasteiger partial charge in [0.05, 0.1) is 33.3 Å². The molecule has 1 aromatic rings. The Bertz CT molecular complexity index is 620. The molecule has 1 amide bonds. The van der Waals surface area contributed by atoms with E-state index in [-0.39, 0.29) is 11.8 Å².